The number of ether oxygens (including phenoxy) is 1. The van der Waals surface area contributed by atoms with Gasteiger partial charge in [0.1, 0.15) is 17.1 Å². The molecule has 1 amide bonds. The predicted octanol–water partition coefficient (Wildman–Crippen LogP) is 4.19. The van der Waals surface area contributed by atoms with Crippen LogP contribution in [-0.4, -0.2) is 27.6 Å². The van der Waals surface area contributed by atoms with Crippen molar-refractivity contribution in [2.75, 3.05) is 12.0 Å². The SMILES string of the molecule is COc1cccc2c1CN(c1c(C)[nH]c3c(-c4ccccc4)c(C(F)(F)F)nn3c1=O)C2=O. The van der Waals surface area contributed by atoms with Gasteiger partial charge in [0.2, 0.25) is 0 Å². The van der Waals surface area contributed by atoms with E-state index in [1.807, 2.05) is 0 Å². The van der Waals surface area contributed by atoms with Crippen LogP contribution in [0.15, 0.2) is 53.3 Å². The molecule has 0 saturated heterocycles. The van der Waals surface area contributed by atoms with Gasteiger partial charge in [-0.05, 0) is 24.6 Å². The number of aromatic nitrogens is 3. The van der Waals surface area contributed by atoms with Gasteiger partial charge < -0.3 is 9.72 Å². The van der Waals surface area contributed by atoms with Crippen molar-refractivity contribution in [1.82, 2.24) is 14.6 Å². The summed E-state index contributed by atoms with van der Waals surface area (Å²) >= 11 is 0. The topological polar surface area (TPSA) is 79.7 Å². The summed E-state index contributed by atoms with van der Waals surface area (Å²) in [5.74, 6) is 0.0478. The van der Waals surface area contributed by atoms with Gasteiger partial charge in [0.15, 0.2) is 5.69 Å². The molecule has 2 aromatic carbocycles. The number of anilines is 1. The van der Waals surface area contributed by atoms with Gasteiger partial charge in [0.25, 0.3) is 11.5 Å². The Bertz CT molecular complexity index is 1470. The number of carbonyl (C=O) groups is 1. The largest absolute Gasteiger partial charge is 0.496 e. The normalized spacial score (nSPS) is 13.6. The number of fused-ring (bicyclic) bond motifs is 2. The van der Waals surface area contributed by atoms with Crippen LogP contribution < -0.4 is 15.2 Å². The van der Waals surface area contributed by atoms with E-state index in [2.05, 4.69) is 10.1 Å². The lowest BCUT2D eigenvalue weighted by molar-refractivity contribution is -0.140. The van der Waals surface area contributed by atoms with E-state index < -0.39 is 23.3 Å². The quantitative estimate of drug-likeness (QED) is 0.504. The molecule has 4 aromatic rings. The fourth-order valence-electron chi connectivity index (χ4n) is 4.25. The second kappa shape index (κ2) is 7.22. The number of nitrogens with zero attached hydrogens (tertiary/aromatic N) is 3. The maximum Gasteiger partial charge on any atom is 0.435 e. The second-order valence-corrected chi connectivity index (χ2v) is 7.63. The van der Waals surface area contributed by atoms with Crippen LogP contribution in [0.1, 0.15) is 27.3 Å². The van der Waals surface area contributed by atoms with E-state index in [0.29, 0.717) is 21.4 Å². The first-order valence-corrected chi connectivity index (χ1v) is 9.98. The minimum absolute atomic E-state index is 0.0482. The maximum atomic E-state index is 13.9. The van der Waals surface area contributed by atoms with Crippen LogP contribution in [-0.2, 0) is 12.7 Å². The molecular formula is C23H17F3N4O3. The van der Waals surface area contributed by atoms with Gasteiger partial charge in [0, 0.05) is 16.8 Å². The molecule has 5 rings (SSSR count). The molecule has 1 aliphatic rings. The molecule has 0 spiro atoms. The highest BCUT2D eigenvalue weighted by molar-refractivity contribution is 6.10. The Morgan fingerprint density at radius 2 is 1.79 bits per heavy atom. The van der Waals surface area contributed by atoms with Crippen molar-refractivity contribution in [1.29, 1.82) is 0 Å². The third-order valence-electron chi connectivity index (χ3n) is 5.69. The average molecular weight is 454 g/mol. The summed E-state index contributed by atoms with van der Waals surface area (Å²) < 4.78 is 47.6. The van der Waals surface area contributed by atoms with Gasteiger partial charge in [-0.1, -0.05) is 36.4 Å². The lowest BCUT2D eigenvalue weighted by Gasteiger charge is -2.17. The number of halogens is 3. The van der Waals surface area contributed by atoms with E-state index in [9.17, 15) is 22.8 Å². The van der Waals surface area contributed by atoms with E-state index in [1.54, 1.807) is 43.3 Å². The van der Waals surface area contributed by atoms with Crippen molar-refractivity contribution in [3.63, 3.8) is 0 Å². The number of H-pyrrole nitrogens is 1. The maximum absolute atomic E-state index is 13.9. The Morgan fingerprint density at radius 1 is 1.06 bits per heavy atom. The number of amides is 1. The molecular weight excluding hydrogens is 437 g/mol. The van der Waals surface area contributed by atoms with Crippen LogP contribution >= 0.6 is 0 Å². The first-order chi connectivity index (χ1) is 15.7. The molecule has 0 bridgehead atoms. The lowest BCUT2D eigenvalue weighted by atomic mass is 10.1. The second-order valence-electron chi connectivity index (χ2n) is 7.63. The van der Waals surface area contributed by atoms with Crippen LogP contribution in [0.25, 0.3) is 16.8 Å². The first-order valence-electron chi connectivity index (χ1n) is 9.98. The molecule has 3 heterocycles. The van der Waals surface area contributed by atoms with Gasteiger partial charge in [-0.25, -0.2) is 0 Å². The summed E-state index contributed by atoms with van der Waals surface area (Å²) in [5, 5.41) is 3.63. The molecule has 1 N–H and O–H groups in total. The van der Waals surface area contributed by atoms with E-state index in [1.165, 1.54) is 24.1 Å². The zero-order valence-electron chi connectivity index (χ0n) is 17.5. The van der Waals surface area contributed by atoms with Gasteiger partial charge in [-0.2, -0.15) is 22.8 Å². The molecule has 0 atom stereocenters. The highest BCUT2D eigenvalue weighted by Gasteiger charge is 2.40. The Labute approximate surface area is 185 Å². The van der Waals surface area contributed by atoms with Gasteiger partial charge in [0.05, 0.1) is 19.2 Å². The number of aromatic amines is 1. The molecule has 0 fully saturated rings. The zero-order valence-corrected chi connectivity index (χ0v) is 17.5. The molecule has 168 valence electrons. The van der Waals surface area contributed by atoms with Crippen LogP contribution in [0.4, 0.5) is 18.9 Å². The van der Waals surface area contributed by atoms with Crippen LogP contribution in [0.3, 0.4) is 0 Å². The summed E-state index contributed by atoms with van der Waals surface area (Å²) in [5.41, 5.74) is -0.920. The lowest BCUT2D eigenvalue weighted by Crippen LogP contribution is -2.32. The summed E-state index contributed by atoms with van der Waals surface area (Å²) in [6.07, 6.45) is -4.79. The number of hydrogen-bond acceptors (Lipinski definition) is 4. The molecule has 1 aliphatic heterocycles. The number of hydrogen-bond donors (Lipinski definition) is 1. The fourth-order valence-corrected chi connectivity index (χ4v) is 4.25. The highest BCUT2D eigenvalue weighted by atomic mass is 19.4. The highest BCUT2D eigenvalue weighted by Crippen LogP contribution is 2.39. The van der Waals surface area contributed by atoms with E-state index in [4.69, 9.17) is 4.74 Å². The molecule has 0 radical (unpaired) electrons. The Balaban J connectivity index is 1.75. The monoisotopic (exact) mass is 454 g/mol. The minimum atomic E-state index is -4.79. The van der Waals surface area contributed by atoms with E-state index in [-0.39, 0.29) is 34.7 Å². The van der Waals surface area contributed by atoms with Crippen molar-refractivity contribution >= 4 is 17.2 Å². The third-order valence-corrected chi connectivity index (χ3v) is 5.69. The number of alkyl halides is 3. The van der Waals surface area contributed by atoms with Crippen LogP contribution in [0.2, 0.25) is 0 Å². The third kappa shape index (κ3) is 3.09. The summed E-state index contributed by atoms with van der Waals surface area (Å²) in [7, 11) is 1.47. The predicted molar refractivity (Wildman–Crippen MR) is 114 cm³/mol. The Kier molecular flexibility index (Phi) is 4.55. The van der Waals surface area contributed by atoms with Crippen LogP contribution in [0, 0.1) is 6.92 Å². The molecule has 0 saturated carbocycles. The molecule has 2 aromatic heterocycles. The van der Waals surface area contributed by atoms with E-state index in [0.717, 1.165) is 0 Å². The molecule has 10 heteroatoms. The fraction of sp³-hybridized carbons (Fsp3) is 0.174. The zero-order chi connectivity index (χ0) is 23.5. The standard InChI is InChI=1S/C23H17F3N4O3/c1-12-18(29-11-15-14(21(29)31)9-6-10-16(15)33-2)22(32)30-20(27-12)17(13-7-4-3-5-8-13)19(28-30)23(24,25)26/h3-10,27H,11H2,1-2H3. The van der Waals surface area contributed by atoms with Gasteiger partial charge >= 0.3 is 6.18 Å². The van der Waals surface area contributed by atoms with E-state index >= 15 is 0 Å². The summed E-state index contributed by atoms with van der Waals surface area (Å²) in [6, 6.07) is 12.9. The van der Waals surface area contributed by atoms with Crippen molar-refractivity contribution in [3.8, 4) is 16.9 Å². The van der Waals surface area contributed by atoms with Crippen molar-refractivity contribution in [2.45, 2.75) is 19.6 Å². The van der Waals surface area contributed by atoms with Crippen molar-refractivity contribution in [2.24, 2.45) is 0 Å². The smallest absolute Gasteiger partial charge is 0.435 e. The number of rotatable bonds is 3. The van der Waals surface area contributed by atoms with Crippen LogP contribution in [0.5, 0.6) is 5.75 Å². The number of aryl methyl sites for hydroxylation is 1. The number of benzene rings is 2. The number of nitrogens with one attached hydrogen (secondary N) is 1. The summed E-state index contributed by atoms with van der Waals surface area (Å²) in [6.45, 7) is 1.59. The Hall–Kier alpha value is -4.08. The molecule has 33 heavy (non-hydrogen) atoms. The van der Waals surface area contributed by atoms with Gasteiger partial charge in [-0.3, -0.25) is 14.5 Å². The number of methoxy groups -OCH3 is 1. The average Bonchev–Trinajstić information content (AvgIpc) is 3.33. The van der Waals surface area contributed by atoms with Crippen molar-refractivity contribution in [3.05, 3.63) is 81.4 Å². The number of carbonyl (C=O) groups excluding carboxylic acids is 1. The summed E-state index contributed by atoms with van der Waals surface area (Å²) in [4.78, 5) is 30.6. The molecule has 7 nitrogen and oxygen atoms in total. The van der Waals surface area contributed by atoms with Gasteiger partial charge in [-0.15, -0.1) is 0 Å². The molecule has 0 unspecified atom stereocenters. The Morgan fingerprint density at radius 3 is 2.45 bits per heavy atom. The first kappa shape index (κ1) is 20.8. The van der Waals surface area contributed by atoms with Crippen molar-refractivity contribution < 1.29 is 22.7 Å². The molecule has 0 aliphatic carbocycles. The minimum Gasteiger partial charge on any atom is -0.496 e.